The molecule has 0 heterocycles. The van der Waals surface area contributed by atoms with Gasteiger partial charge in [-0.05, 0) is 47.7 Å². The molecule has 0 spiro atoms. The van der Waals surface area contributed by atoms with Gasteiger partial charge in [-0.3, -0.25) is 0 Å². The first-order chi connectivity index (χ1) is 9.70. The molecule has 2 rings (SSSR count). The number of hydrogen-bond donors (Lipinski definition) is 0. The largest absolute Gasteiger partial charge is 0.0848 e. The quantitative estimate of drug-likeness (QED) is 0.563. The zero-order valence-electron chi connectivity index (χ0n) is 11.9. The summed E-state index contributed by atoms with van der Waals surface area (Å²) < 4.78 is 1.11. The molecule has 0 bridgehead atoms. The van der Waals surface area contributed by atoms with Crippen LogP contribution in [0.1, 0.15) is 25.8 Å². The number of hydrogen-bond acceptors (Lipinski definition) is 0. The third-order valence-electron chi connectivity index (χ3n) is 3.24. The fraction of sp³-hybridized carbons (Fsp3) is 0.158. The van der Waals surface area contributed by atoms with Gasteiger partial charge in [0.05, 0.1) is 0 Å². The van der Waals surface area contributed by atoms with E-state index in [1.165, 1.54) is 22.3 Å². The van der Waals surface area contributed by atoms with E-state index in [1.54, 1.807) is 0 Å². The number of rotatable bonds is 4. The van der Waals surface area contributed by atoms with E-state index >= 15 is 0 Å². The van der Waals surface area contributed by atoms with Gasteiger partial charge in [0, 0.05) is 4.47 Å². The molecule has 0 N–H and O–H groups in total. The van der Waals surface area contributed by atoms with Crippen molar-refractivity contribution in [2.45, 2.75) is 20.3 Å². The van der Waals surface area contributed by atoms with Crippen LogP contribution in [0.3, 0.4) is 0 Å². The fourth-order valence-corrected chi connectivity index (χ4v) is 2.28. The molecule has 0 saturated heterocycles. The predicted octanol–water partition coefficient (Wildman–Crippen LogP) is 6.49. The third kappa shape index (κ3) is 3.94. The van der Waals surface area contributed by atoms with Gasteiger partial charge < -0.3 is 0 Å². The highest BCUT2D eigenvalue weighted by Gasteiger charge is 1.99. The first-order valence-electron chi connectivity index (χ1n) is 6.90. The molecule has 0 aliphatic carbocycles. The normalized spacial score (nSPS) is 12.1. The maximum atomic E-state index is 3.46. The second-order valence-electron chi connectivity index (χ2n) is 4.77. The molecule has 0 unspecified atom stereocenters. The van der Waals surface area contributed by atoms with Crippen LogP contribution in [-0.2, 0) is 0 Å². The molecular formula is C19H19Br. The smallest absolute Gasteiger partial charge is 0.0175 e. The van der Waals surface area contributed by atoms with Crippen LogP contribution in [0, 0.1) is 0 Å². The Kier molecular flexibility index (Phi) is 5.37. The number of allylic oxidation sites excluding steroid dienone is 4. The Morgan fingerprint density at radius 3 is 2.05 bits per heavy atom. The maximum Gasteiger partial charge on any atom is 0.0175 e. The lowest BCUT2D eigenvalue weighted by molar-refractivity contribution is 1.22. The van der Waals surface area contributed by atoms with Gasteiger partial charge in [0.1, 0.15) is 0 Å². The van der Waals surface area contributed by atoms with Gasteiger partial charge in [-0.25, -0.2) is 0 Å². The Morgan fingerprint density at radius 1 is 0.950 bits per heavy atom. The van der Waals surface area contributed by atoms with E-state index in [0.717, 1.165) is 10.9 Å². The molecule has 0 atom stereocenters. The lowest BCUT2D eigenvalue weighted by Crippen LogP contribution is -1.81. The summed E-state index contributed by atoms with van der Waals surface area (Å²) >= 11 is 3.46. The molecule has 0 radical (unpaired) electrons. The van der Waals surface area contributed by atoms with E-state index in [2.05, 4.69) is 96.5 Å². The van der Waals surface area contributed by atoms with E-state index in [4.69, 9.17) is 0 Å². The second-order valence-corrected chi connectivity index (χ2v) is 5.69. The third-order valence-corrected chi connectivity index (χ3v) is 3.76. The molecule has 0 aliphatic heterocycles. The van der Waals surface area contributed by atoms with Crippen molar-refractivity contribution in [3.05, 3.63) is 76.8 Å². The highest BCUT2D eigenvalue weighted by molar-refractivity contribution is 9.10. The molecular weight excluding hydrogens is 308 g/mol. The molecule has 2 aromatic rings. The molecule has 1 heteroatoms. The van der Waals surface area contributed by atoms with Crippen LogP contribution in [0.25, 0.3) is 16.7 Å². The van der Waals surface area contributed by atoms with Gasteiger partial charge in [0.15, 0.2) is 0 Å². The van der Waals surface area contributed by atoms with E-state index in [0.29, 0.717) is 0 Å². The predicted molar refractivity (Wildman–Crippen MR) is 92.7 cm³/mol. The fourth-order valence-electron chi connectivity index (χ4n) is 2.01. The zero-order valence-corrected chi connectivity index (χ0v) is 13.5. The molecule has 0 aliphatic rings. The summed E-state index contributed by atoms with van der Waals surface area (Å²) in [5.74, 6) is 0. The van der Waals surface area contributed by atoms with Crippen molar-refractivity contribution >= 4 is 21.5 Å². The maximum absolute atomic E-state index is 3.46. The topological polar surface area (TPSA) is 0 Å². The van der Waals surface area contributed by atoms with Gasteiger partial charge in [-0.1, -0.05) is 77.5 Å². The van der Waals surface area contributed by atoms with Gasteiger partial charge >= 0.3 is 0 Å². The average molecular weight is 327 g/mol. The Bertz CT molecular complexity index is 601. The van der Waals surface area contributed by atoms with Crippen LogP contribution in [-0.4, -0.2) is 0 Å². The van der Waals surface area contributed by atoms with Crippen LogP contribution in [0.4, 0.5) is 0 Å². The second kappa shape index (κ2) is 7.25. The highest BCUT2D eigenvalue weighted by atomic mass is 79.9. The standard InChI is InChI=1S/C19H19Br/c1-3-4-5-6-15(2)16-7-9-17(10-8-16)18-11-13-19(20)14-12-18/h4-14H,3H2,1-2H3/b5-4-,15-6+. The average Bonchev–Trinajstić information content (AvgIpc) is 2.48. The lowest BCUT2D eigenvalue weighted by atomic mass is 10.0. The lowest BCUT2D eigenvalue weighted by Gasteiger charge is -2.05. The van der Waals surface area contributed by atoms with E-state index in [9.17, 15) is 0 Å². The zero-order chi connectivity index (χ0) is 14.4. The molecule has 0 aromatic heterocycles. The van der Waals surface area contributed by atoms with Crippen LogP contribution in [0.5, 0.6) is 0 Å². The summed E-state index contributed by atoms with van der Waals surface area (Å²) in [5.41, 5.74) is 5.05. The van der Waals surface area contributed by atoms with Gasteiger partial charge in [0.25, 0.3) is 0 Å². The summed E-state index contributed by atoms with van der Waals surface area (Å²) in [6, 6.07) is 17.1. The Balaban J connectivity index is 2.20. The highest BCUT2D eigenvalue weighted by Crippen LogP contribution is 2.24. The van der Waals surface area contributed by atoms with Crippen LogP contribution in [0.15, 0.2) is 71.2 Å². The first kappa shape index (κ1) is 14.8. The SMILES string of the molecule is CC/C=C\C=C(/C)c1ccc(-c2ccc(Br)cc2)cc1. The summed E-state index contributed by atoms with van der Waals surface area (Å²) in [6.45, 7) is 4.29. The minimum absolute atomic E-state index is 1.08. The van der Waals surface area contributed by atoms with E-state index in [1.807, 2.05) is 0 Å². The Morgan fingerprint density at radius 2 is 1.50 bits per heavy atom. The molecule has 0 amide bonds. The van der Waals surface area contributed by atoms with Gasteiger partial charge in [0.2, 0.25) is 0 Å². The van der Waals surface area contributed by atoms with Crippen molar-refractivity contribution in [2.75, 3.05) is 0 Å². The number of halogens is 1. The summed E-state index contributed by atoms with van der Waals surface area (Å²) in [5, 5.41) is 0. The Labute approximate surface area is 130 Å². The van der Waals surface area contributed by atoms with Crippen molar-refractivity contribution in [3.8, 4) is 11.1 Å². The Hall–Kier alpha value is -1.60. The molecule has 0 saturated carbocycles. The van der Waals surface area contributed by atoms with Crippen molar-refractivity contribution in [3.63, 3.8) is 0 Å². The van der Waals surface area contributed by atoms with Crippen molar-refractivity contribution < 1.29 is 0 Å². The van der Waals surface area contributed by atoms with E-state index < -0.39 is 0 Å². The van der Waals surface area contributed by atoms with Crippen LogP contribution < -0.4 is 0 Å². The molecule has 0 fully saturated rings. The molecule has 20 heavy (non-hydrogen) atoms. The minimum Gasteiger partial charge on any atom is -0.0848 e. The summed E-state index contributed by atoms with van der Waals surface area (Å²) in [4.78, 5) is 0. The van der Waals surface area contributed by atoms with Crippen LogP contribution in [0.2, 0.25) is 0 Å². The molecule has 2 aromatic carbocycles. The van der Waals surface area contributed by atoms with Crippen LogP contribution >= 0.6 is 15.9 Å². The first-order valence-corrected chi connectivity index (χ1v) is 7.70. The van der Waals surface area contributed by atoms with Crippen molar-refractivity contribution in [2.24, 2.45) is 0 Å². The van der Waals surface area contributed by atoms with Crippen molar-refractivity contribution in [1.29, 1.82) is 0 Å². The van der Waals surface area contributed by atoms with Crippen molar-refractivity contribution in [1.82, 2.24) is 0 Å². The minimum atomic E-state index is 1.08. The monoisotopic (exact) mass is 326 g/mol. The summed E-state index contributed by atoms with van der Waals surface area (Å²) in [6.07, 6.45) is 7.53. The molecule has 102 valence electrons. The van der Waals surface area contributed by atoms with Gasteiger partial charge in [-0.15, -0.1) is 0 Å². The summed E-state index contributed by atoms with van der Waals surface area (Å²) in [7, 11) is 0. The van der Waals surface area contributed by atoms with E-state index in [-0.39, 0.29) is 0 Å². The molecule has 0 nitrogen and oxygen atoms in total. The number of benzene rings is 2. The van der Waals surface area contributed by atoms with Gasteiger partial charge in [-0.2, -0.15) is 0 Å².